The van der Waals surface area contributed by atoms with Crippen molar-refractivity contribution in [2.24, 2.45) is 0 Å². The van der Waals surface area contributed by atoms with Gasteiger partial charge in [-0.25, -0.2) is 4.79 Å². The molecule has 0 atom stereocenters. The van der Waals surface area contributed by atoms with Crippen LogP contribution in [0.1, 0.15) is 21.5 Å². The van der Waals surface area contributed by atoms with Gasteiger partial charge in [0.1, 0.15) is 24.2 Å². The molecule has 0 radical (unpaired) electrons. The lowest BCUT2D eigenvalue weighted by Crippen LogP contribution is -1.99. The van der Waals surface area contributed by atoms with Crippen LogP contribution in [0.25, 0.3) is 0 Å². The number of ether oxygens (including phenoxy) is 2. The summed E-state index contributed by atoms with van der Waals surface area (Å²) in [5.74, 6) is 0.108. The fraction of sp³-hybridized carbons (Fsp3) is 0.125. The second-order valence-electron chi connectivity index (χ2n) is 4.26. The minimum absolute atomic E-state index is 0.207. The molecule has 5 nitrogen and oxygen atoms in total. The highest BCUT2D eigenvalue weighted by molar-refractivity contribution is 5.87. The first-order chi connectivity index (χ1) is 10.1. The first kappa shape index (κ1) is 14.4. The normalized spacial score (nSPS) is 9.71. The first-order valence-electron chi connectivity index (χ1n) is 6.17. The maximum atomic E-state index is 10.7. The molecule has 0 aliphatic rings. The zero-order valence-electron chi connectivity index (χ0n) is 11.4. The number of carbonyl (C=O) groups is 1. The summed E-state index contributed by atoms with van der Waals surface area (Å²) in [7, 11) is 1.51. The molecular formula is C16H13NO4. The Morgan fingerprint density at radius 2 is 1.95 bits per heavy atom. The van der Waals surface area contributed by atoms with E-state index < -0.39 is 5.97 Å². The standard InChI is InChI=1S/C16H13NO4/c1-20-15-7-2-11(8-13(15)9-17)10-21-14-5-3-12(4-6-14)16(18)19/h2-8H,10H2,1H3,(H,18,19). The van der Waals surface area contributed by atoms with E-state index in [0.29, 0.717) is 17.1 Å². The maximum absolute atomic E-state index is 10.7. The molecule has 0 aromatic heterocycles. The molecule has 0 bridgehead atoms. The van der Waals surface area contributed by atoms with Crippen LogP contribution in [-0.2, 0) is 6.61 Å². The minimum atomic E-state index is -0.977. The SMILES string of the molecule is COc1ccc(COc2ccc(C(=O)O)cc2)cc1C#N. The minimum Gasteiger partial charge on any atom is -0.495 e. The van der Waals surface area contributed by atoms with Crippen LogP contribution in [0.3, 0.4) is 0 Å². The summed E-state index contributed by atoms with van der Waals surface area (Å²) in [6, 6.07) is 13.4. The zero-order valence-corrected chi connectivity index (χ0v) is 11.4. The molecule has 21 heavy (non-hydrogen) atoms. The average Bonchev–Trinajstić information content (AvgIpc) is 2.52. The van der Waals surface area contributed by atoms with Crippen molar-refractivity contribution in [2.75, 3.05) is 7.11 Å². The van der Waals surface area contributed by atoms with E-state index >= 15 is 0 Å². The summed E-state index contributed by atoms with van der Waals surface area (Å²) in [5, 5.41) is 17.8. The molecule has 0 aliphatic heterocycles. The van der Waals surface area contributed by atoms with Crippen LogP contribution in [0.2, 0.25) is 0 Å². The van der Waals surface area contributed by atoms with E-state index in [1.807, 2.05) is 6.07 Å². The van der Waals surface area contributed by atoms with Crippen molar-refractivity contribution in [1.29, 1.82) is 5.26 Å². The van der Waals surface area contributed by atoms with Crippen molar-refractivity contribution in [3.63, 3.8) is 0 Å². The number of methoxy groups -OCH3 is 1. The van der Waals surface area contributed by atoms with Crippen molar-refractivity contribution in [3.05, 3.63) is 59.2 Å². The second-order valence-corrected chi connectivity index (χ2v) is 4.26. The molecule has 0 heterocycles. The van der Waals surface area contributed by atoms with E-state index in [0.717, 1.165) is 5.56 Å². The fourth-order valence-electron chi connectivity index (χ4n) is 1.79. The molecule has 1 N–H and O–H groups in total. The third-order valence-corrected chi connectivity index (χ3v) is 2.89. The number of hydrogen-bond acceptors (Lipinski definition) is 4. The van der Waals surface area contributed by atoms with Crippen LogP contribution >= 0.6 is 0 Å². The molecule has 0 saturated carbocycles. The smallest absolute Gasteiger partial charge is 0.335 e. The molecule has 0 saturated heterocycles. The number of hydrogen-bond donors (Lipinski definition) is 1. The Morgan fingerprint density at radius 1 is 1.24 bits per heavy atom. The third kappa shape index (κ3) is 3.51. The van der Waals surface area contributed by atoms with E-state index in [4.69, 9.17) is 19.8 Å². The van der Waals surface area contributed by atoms with Gasteiger partial charge in [0.15, 0.2) is 0 Å². The summed E-state index contributed by atoms with van der Waals surface area (Å²) >= 11 is 0. The largest absolute Gasteiger partial charge is 0.495 e. The Hall–Kier alpha value is -3.00. The molecule has 0 amide bonds. The van der Waals surface area contributed by atoms with Gasteiger partial charge in [0.05, 0.1) is 18.2 Å². The van der Waals surface area contributed by atoms with Crippen molar-refractivity contribution in [1.82, 2.24) is 0 Å². The van der Waals surface area contributed by atoms with Gasteiger partial charge in [0.25, 0.3) is 0 Å². The van der Waals surface area contributed by atoms with E-state index in [1.165, 1.54) is 19.2 Å². The summed E-state index contributed by atoms with van der Waals surface area (Å²) in [4.78, 5) is 10.7. The number of aromatic carboxylic acids is 1. The van der Waals surface area contributed by atoms with Gasteiger partial charge in [0, 0.05) is 0 Å². The number of benzene rings is 2. The summed E-state index contributed by atoms with van der Waals surface area (Å²) in [6.45, 7) is 0.283. The molecule has 0 unspecified atom stereocenters. The summed E-state index contributed by atoms with van der Waals surface area (Å²) < 4.78 is 10.6. The Kier molecular flexibility index (Phi) is 4.42. The van der Waals surface area contributed by atoms with Crippen molar-refractivity contribution >= 4 is 5.97 Å². The lowest BCUT2D eigenvalue weighted by Gasteiger charge is -2.08. The monoisotopic (exact) mass is 283 g/mol. The molecule has 106 valence electrons. The van der Waals surface area contributed by atoms with Crippen LogP contribution in [0.4, 0.5) is 0 Å². The highest BCUT2D eigenvalue weighted by Crippen LogP contribution is 2.20. The van der Waals surface area contributed by atoms with Gasteiger partial charge in [-0.05, 0) is 42.0 Å². The average molecular weight is 283 g/mol. The number of carboxylic acid groups (broad SMARTS) is 1. The Morgan fingerprint density at radius 3 is 2.52 bits per heavy atom. The quantitative estimate of drug-likeness (QED) is 0.912. The van der Waals surface area contributed by atoms with E-state index in [9.17, 15) is 4.79 Å². The first-order valence-corrected chi connectivity index (χ1v) is 6.17. The zero-order chi connectivity index (χ0) is 15.2. The highest BCUT2D eigenvalue weighted by Gasteiger charge is 2.05. The number of carboxylic acids is 1. The number of rotatable bonds is 5. The molecule has 5 heteroatoms. The van der Waals surface area contributed by atoms with Gasteiger partial charge in [-0.2, -0.15) is 5.26 Å². The van der Waals surface area contributed by atoms with Crippen molar-refractivity contribution < 1.29 is 19.4 Å². The van der Waals surface area contributed by atoms with Crippen LogP contribution in [0.15, 0.2) is 42.5 Å². The van der Waals surface area contributed by atoms with Gasteiger partial charge in [-0.3, -0.25) is 0 Å². The Labute approximate surface area is 122 Å². The van der Waals surface area contributed by atoms with Gasteiger partial charge in [-0.15, -0.1) is 0 Å². The van der Waals surface area contributed by atoms with Gasteiger partial charge in [-0.1, -0.05) is 6.07 Å². The van der Waals surface area contributed by atoms with Gasteiger partial charge >= 0.3 is 5.97 Å². The summed E-state index contributed by atoms with van der Waals surface area (Å²) in [6.07, 6.45) is 0. The molecule has 0 spiro atoms. The van der Waals surface area contributed by atoms with Crippen LogP contribution in [0, 0.1) is 11.3 Å². The third-order valence-electron chi connectivity index (χ3n) is 2.89. The van der Waals surface area contributed by atoms with Crippen LogP contribution < -0.4 is 9.47 Å². The Balaban J connectivity index is 2.06. The topological polar surface area (TPSA) is 79.6 Å². The lowest BCUT2D eigenvalue weighted by molar-refractivity contribution is 0.0697. The fourth-order valence-corrected chi connectivity index (χ4v) is 1.79. The van der Waals surface area contributed by atoms with E-state index in [1.54, 1.807) is 24.3 Å². The number of nitriles is 1. The predicted molar refractivity (Wildman–Crippen MR) is 75.4 cm³/mol. The van der Waals surface area contributed by atoms with Crippen molar-refractivity contribution in [2.45, 2.75) is 6.61 Å². The summed E-state index contributed by atoms with van der Waals surface area (Å²) in [5.41, 5.74) is 1.48. The van der Waals surface area contributed by atoms with Crippen LogP contribution in [0.5, 0.6) is 11.5 Å². The van der Waals surface area contributed by atoms with E-state index in [-0.39, 0.29) is 12.2 Å². The van der Waals surface area contributed by atoms with Crippen molar-refractivity contribution in [3.8, 4) is 17.6 Å². The Bertz CT molecular complexity index is 686. The van der Waals surface area contributed by atoms with Gasteiger partial charge in [0.2, 0.25) is 0 Å². The molecule has 0 fully saturated rings. The molecule has 2 rings (SSSR count). The molecular weight excluding hydrogens is 270 g/mol. The molecule has 2 aromatic carbocycles. The number of nitrogens with zero attached hydrogens (tertiary/aromatic N) is 1. The molecule has 0 aliphatic carbocycles. The lowest BCUT2D eigenvalue weighted by atomic mass is 10.1. The van der Waals surface area contributed by atoms with Gasteiger partial charge < -0.3 is 14.6 Å². The van der Waals surface area contributed by atoms with E-state index in [2.05, 4.69) is 6.07 Å². The second kappa shape index (κ2) is 6.44. The molecule has 2 aromatic rings. The van der Waals surface area contributed by atoms with Crippen LogP contribution in [-0.4, -0.2) is 18.2 Å². The predicted octanol–water partition coefficient (Wildman–Crippen LogP) is 2.84. The highest BCUT2D eigenvalue weighted by atomic mass is 16.5. The maximum Gasteiger partial charge on any atom is 0.335 e.